The van der Waals surface area contributed by atoms with Gasteiger partial charge in [-0.25, -0.2) is 0 Å². The van der Waals surface area contributed by atoms with Crippen molar-refractivity contribution in [2.75, 3.05) is 19.6 Å². The first-order chi connectivity index (χ1) is 9.09. The second kappa shape index (κ2) is 6.49. The van der Waals surface area contributed by atoms with Gasteiger partial charge in [0.25, 0.3) is 0 Å². The van der Waals surface area contributed by atoms with Crippen molar-refractivity contribution in [2.45, 2.75) is 46.7 Å². The smallest absolute Gasteiger partial charge is 0.0547 e. The lowest BCUT2D eigenvalue weighted by Gasteiger charge is -2.19. The minimum atomic E-state index is 0.473. The molecule has 0 atom stereocenters. The summed E-state index contributed by atoms with van der Waals surface area (Å²) < 4.78 is 0. The fraction of sp³-hybridized carbons (Fsp3) is 0.688. The molecule has 0 aromatic carbocycles. The van der Waals surface area contributed by atoms with Crippen molar-refractivity contribution < 1.29 is 0 Å². The molecule has 1 N–H and O–H groups in total. The molecule has 3 nitrogen and oxygen atoms in total. The zero-order chi connectivity index (χ0) is 13.7. The van der Waals surface area contributed by atoms with Gasteiger partial charge in [-0.05, 0) is 43.5 Å². The van der Waals surface area contributed by atoms with Crippen LogP contribution < -0.4 is 5.32 Å². The SMILES string of the molecule is CCCNCc1cccc(CN2CCC(C)(C)C2)n1. The molecule has 1 fully saturated rings. The number of hydrogen-bond acceptors (Lipinski definition) is 3. The number of aromatic nitrogens is 1. The minimum absolute atomic E-state index is 0.473. The number of nitrogens with one attached hydrogen (secondary N) is 1. The lowest BCUT2D eigenvalue weighted by Crippen LogP contribution is -2.23. The largest absolute Gasteiger partial charge is 0.311 e. The quantitative estimate of drug-likeness (QED) is 0.798. The van der Waals surface area contributed by atoms with Crippen LogP contribution in [0, 0.1) is 5.41 Å². The average Bonchev–Trinajstić information content (AvgIpc) is 2.69. The Morgan fingerprint density at radius 3 is 2.79 bits per heavy atom. The van der Waals surface area contributed by atoms with E-state index in [2.05, 4.69) is 49.2 Å². The maximum atomic E-state index is 4.75. The van der Waals surface area contributed by atoms with E-state index in [0.29, 0.717) is 5.41 Å². The molecule has 19 heavy (non-hydrogen) atoms. The fourth-order valence-electron chi connectivity index (χ4n) is 2.70. The van der Waals surface area contributed by atoms with Crippen molar-refractivity contribution in [2.24, 2.45) is 5.41 Å². The average molecular weight is 261 g/mol. The van der Waals surface area contributed by atoms with Crippen LogP contribution in [0.15, 0.2) is 18.2 Å². The van der Waals surface area contributed by atoms with Gasteiger partial charge in [-0.2, -0.15) is 0 Å². The van der Waals surface area contributed by atoms with Crippen molar-refractivity contribution in [3.8, 4) is 0 Å². The molecule has 1 saturated heterocycles. The Balaban J connectivity index is 1.88. The molecule has 0 radical (unpaired) electrons. The summed E-state index contributed by atoms with van der Waals surface area (Å²) in [5.74, 6) is 0. The van der Waals surface area contributed by atoms with Crippen molar-refractivity contribution in [3.63, 3.8) is 0 Å². The monoisotopic (exact) mass is 261 g/mol. The molecule has 0 aliphatic carbocycles. The maximum absolute atomic E-state index is 4.75. The van der Waals surface area contributed by atoms with E-state index in [0.717, 1.165) is 25.3 Å². The number of likely N-dealkylation sites (tertiary alicyclic amines) is 1. The van der Waals surface area contributed by atoms with E-state index in [1.807, 2.05) is 0 Å². The first-order valence-corrected chi connectivity index (χ1v) is 7.47. The van der Waals surface area contributed by atoms with Gasteiger partial charge < -0.3 is 5.32 Å². The summed E-state index contributed by atoms with van der Waals surface area (Å²) in [6.07, 6.45) is 2.47. The Hall–Kier alpha value is -0.930. The van der Waals surface area contributed by atoms with Gasteiger partial charge >= 0.3 is 0 Å². The van der Waals surface area contributed by atoms with Gasteiger partial charge in [0.05, 0.1) is 11.4 Å². The first kappa shape index (κ1) is 14.5. The molecule has 2 heterocycles. The Morgan fingerprint density at radius 2 is 2.11 bits per heavy atom. The highest BCUT2D eigenvalue weighted by Crippen LogP contribution is 2.29. The van der Waals surface area contributed by atoms with Gasteiger partial charge in [-0.1, -0.05) is 26.8 Å². The van der Waals surface area contributed by atoms with Crippen molar-refractivity contribution in [1.29, 1.82) is 0 Å². The lowest BCUT2D eigenvalue weighted by molar-refractivity contribution is 0.281. The molecular weight excluding hydrogens is 234 g/mol. The molecule has 1 aromatic heterocycles. The topological polar surface area (TPSA) is 28.2 Å². The number of rotatable bonds is 6. The highest BCUT2D eigenvalue weighted by atomic mass is 15.2. The standard InChI is InChI=1S/C16H27N3/c1-4-9-17-11-14-6-5-7-15(18-14)12-19-10-8-16(2,3)13-19/h5-7,17H,4,8-13H2,1-3H3. The molecule has 0 amide bonds. The van der Waals surface area contributed by atoms with E-state index in [1.54, 1.807) is 0 Å². The van der Waals surface area contributed by atoms with Gasteiger partial charge in [0.2, 0.25) is 0 Å². The van der Waals surface area contributed by atoms with Crippen LogP contribution in [0.4, 0.5) is 0 Å². The second-order valence-corrected chi connectivity index (χ2v) is 6.42. The molecule has 3 heteroatoms. The van der Waals surface area contributed by atoms with E-state index in [1.165, 1.54) is 31.6 Å². The Labute approximate surface area is 117 Å². The van der Waals surface area contributed by atoms with Crippen molar-refractivity contribution >= 4 is 0 Å². The van der Waals surface area contributed by atoms with Gasteiger partial charge in [-0.3, -0.25) is 9.88 Å². The maximum Gasteiger partial charge on any atom is 0.0547 e. The molecular formula is C16H27N3. The Morgan fingerprint density at radius 1 is 1.32 bits per heavy atom. The zero-order valence-electron chi connectivity index (χ0n) is 12.6. The molecule has 1 aliphatic heterocycles. The van der Waals surface area contributed by atoms with Crippen LogP contribution >= 0.6 is 0 Å². The van der Waals surface area contributed by atoms with Crippen LogP contribution in [0.3, 0.4) is 0 Å². The third kappa shape index (κ3) is 4.59. The lowest BCUT2D eigenvalue weighted by atomic mass is 9.93. The van der Waals surface area contributed by atoms with Gasteiger partial charge in [0.15, 0.2) is 0 Å². The van der Waals surface area contributed by atoms with Crippen LogP contribution in [-0.4, -0.2) is 29.5 Å². The molecule has 0 saturated carbocycles. The third-order valence-corrected chi connectivity index (χ3v) is 3.74. The fourth-order valence-corrected chi connectivity index (χ4v) is 2.70. The zero-order valence-corrected chi connectivity index (χ0v) is 12.6. The Bertz CT molecular complexity index is 401. The molecule has 0 unspecified atom stereocenters. The van der Waals surface area contributed by atoms with E-state index >= 15 is 0 Å². The number of nitrogens with zero attached hydrogens (tertiary/aromatic N) is 2. The van der Waals surface area contributed by atoms with E-state index in [-0.39, 0.29) is 0 Å². The van der Waals surface area contributed by atoms with Crippen LogP contribution in [0.25, 0.3) is 0 Å². The minimum Gasteiger partial charge on any atom is -0.311 e. The van der Waals surface area contributed by atoms with Crippen molar-refractivity contribution in [3.05, 3.63) is 29.6 Å². The summed E-state index contributed by atoms with van der Waals surface area (Å²) in [5.41, 5.74) is 2.83. The van der Waals surface area contributed by atoms with Gasteiger partial charge in [0, 0.05) is 19.6 Å². The highest BCUT2D eigenvalue weighted by Gasteiger charge is 2.28. The summed E-state index contributed by atoms with van der Waals surface area (Å²) in [6, 6.07) is 6.39. The van der Waals surface area contributed by atoms with E-state index < -0.39 is 0 Å². The summed E-state index contributed by atoms with van der Waals surface area (Å²) in [7, 11) is 0. The first-order valence-electron chi connectivity index (χ1n) is 7.47. The highest BCUT2D eigenvalue weighted by molar-refractivity contribution is 5.11. The molecule has 2 rings (SSSR count). The van der Waals surface area contributed by atoms with E-state index in [4.69, 9.17) is 4.98 Å². The van der Waals surface area contributed by atoms with E-state index in [9.17, 15) is 0 Å². The summed E-state index contributed by atoms with van der Waals surface area (Å²) in [5, 5.41) is 3.41. The van der Waals surface area contributed by atoms with Crippen LogP contribution in [0.2, 0.25) is 0 Å². The third-order valence-electron chi connectivity index (χ3n) is 3.74. The van der Waals surface area contributed by atoms with Crippen molar-refractivity contribution in [1.82, 2.24) is 15.2 Å². The molecule has 106 valence electrons. The second-order valence-electron chi connectivity index (χ2n) is 6.42. The van der Waals surface area contributed by atoms with Crippen LogP contribution in [0.5, 0.6) is 0 Å². The summed E-state index contributed by atoms with van der Waals surface area (Å²) in [4.78, 5) is 7.27. The summed E-state index contributed by atoms with van der Waals surface area (Å²) >= 11 is 0. The molecule has 1 aromatic rings. The summed E-state index contributed by atoms with van der Waals surface area (Å²) in [6.45, 7) is 12.2. The predicted molar refractivity (Wildman–Crippen MR) is 79.9 cm³/mol. The number of pyridine rings is 1. The predicted octanol–water partition coefficient (Wildman–Crippen LogP) is 2.81. The molecule has 0 bridgehead atoms. The van der Waals surface area contributed by atoms with Crippen LogP contribution in [-0.2, 0) is 13.1 Å². The molecule has 0 spiro atoms. The van der Waals surface area contributed by atoms with Crippen LogP contribution in [0.1, 0.15) is 45.0 Å². The Kier molecular flexibility index (Phi) is 4.94. The van der Waals surface area contributed by atoms with Gasteiger partial charge in [-0.15, -0.1) is 0 Å². The normalized spacial score (nSPS) is 18.9. The van der Waals surface area contributed by atoms with Gasteiger partial charge in [0.1, 0.15) is 0 Å². The molecule has 1 aliphatic rings. The number of hydrogen-bond donors (Lipinski definition) is 1.